The van der Waals surface area contributed by atoms with Gasteiger partial charge in [0.2, 0.25) is 5.91 Å². The molecule has 0 atom stereocenters. The third-order valence-corrected chi connectivity index (χ3v) is 1.89. The third kappa shape index (κ3) is 2.81. The number of nitrogens with zero attached hydrogens (tertiary/aromatic N) is 1. The summed E-state index contributed by atoms with van der Waals surface area (Å²) in [6.45, 7) is 0. The molecule has 0 aliphatic carbocycles. The van der Waals surface area contributed by atoms with Crippen LogP contribution in [0.2, 0.25) is 0 Å². The van der Waals surface area contributed by atoms with Crippen LogP contribution in [0.25, 0.3) is 10.9 Å². The lowest BCUT2D eigenvalue weighted by Gasteiger charge is -1.98. The minimum atomic E-state index is -0.424. The molecule has 1 aromatic heterocycles. The van der Waals surface area contributed by atoms with Gasteiger partial charge in [-0.3, -0.25) is 9.78 Å². The van der Waals surface area contributed by atoms with E-state index in [4.69, 9.17) is 5.73 Å². The highest BCUT2D eigenvalue weighted by Gasteiger charge is 2.00. The van der Waals surface area contributed by atoms with Crippen LogP contribution in [0.4, 0.5) is 0 Å². The largest absolute Gasteiger partial charge is 0.366 e. The molecule has 2 N–H and O–H groups in total. The molecule has 15 heavy (non-hydrogen) atoms. The number of aromatic nitrogens is 1. The maximum absolute atomic E-state index is 10.8. The summed E-state index contributed by atoms with van der Waals surface area (Å²) in [7, 11) is 0. The third-order valence-electron chi connectivity index (χ3n) is 1.89. The van der Waals surface area contributed by atoms with E-state index in [1.807, 2.05) is 18.2 Å². The van der Waals surface area contributed by atoms with Gasteiger partial charge in [-0.25, -0.2) is 0 Å². The number of carbonyl (C=O) groups excluding carboxylic acids is 1. The lowest BCUT2D eigenvalue weighted by Crippen LogP contribution is -2.10. The number of rotatable bonds is 1. The molecule has 2 aromatic rings. The molecule has 0 fully saturated rings. The molecule has 0 saturated carbocycles. The summed E-state index contributed by atoms with van der Waals surface area (Å²) in [5, 5.41) is 1.01. The van der Waals surface area contributed by atoms with Crippen molar-refractivity contribution >= 4 is 41.6 Å². The van der Waals surface area contributed by atoms with Crippen molar-refractivity contribution in [1.82, 2.24) is 4.98 Å². The number of carbonyl (C=O) groups is 1. The molecule has 0 bridgehead atoms. The first kappa shape index (κ1) is 13.7. The highest BCUT2D eigenvalue weighted by atomic mass is 35.5. The molecule has 80 valence electrons. The van der Waals surface area contributed by atoms with Crippen molar-refractivity contribution < 1.29 is 4.79 Å². The van der Waals surface area contributed by atoms with Gasteiger partial charge in [0.25, 0.3) is 0 Å². The van der Waals surface area contributed by atoms with Crippen LogP contribution in [0.15, 0.2) is 36.5 Å². The first-order chi connectivity index (χ1) is 6.27. The quantitative estimate of drug-likeness (QED) is 0.837. The zero-order valence-corrected chi connectivity index (χ0v) is 9.35. The maximum Gasteiger partial charge on any atom is 0.248 e. The first-order valence-electron chi connectivity index (χ1n) is 3.92. The standard InChI is InChI=1S/C10H8N2O.2ClH/c11-10(13)8-4-3-7-2-1-5-12-9(7)6-8;;/h1-6H,(H2,11,13);2*1H. The van der Waals surface area contributed by atoms with Gasteiger partial charge in [0.05, 0.1) is 5.52 Å². The Balaban J connectivity index is 0.000000980. The zero-order chi connectivity index (χ0) is 9.26. The summed E-state index contributed by atoms with van der Waals surface area (Å²) in [6, 6.07) is 9.02. The fourth-order valence-electron chi connectivity index (χ4n) is 1.22. The summed E-state index contributed by atoms with van der Waals surface area (Å²) in [5.74, 6) is -0.424. The fraction of sp³-hybridized carbons (Fsp3) is 0. The number of hydrogen-bond acceptors (Lipinski definition) is 2. The molecule has 1 heterocycles. The zero-order valence-electron chi connectivity index (χ0n) is 7.71. The number of primary amides is 1. The summed E-state index contributed by atoms with van der Waals surface area (Å²) >= 11 is 0. The summed E-state index contributed by atoms with van der Waals surface area (Å²) in [5.41, 5.74) is 6.42. The molecular formula is C10H10Cl2N2O. The lowest BCUT2D eigenvalue weighted by atomic mass is 10.1. The number of pyridine rings is 1. The van der Waals surface area contributed by atoms with Crippen LogP contribution in [0.3, 0.4) is 0 Å². The second kappa shape index (κ2) is 5.53. The Morgan fingerprint density at radius 3 is 2.60 bits per heavy atom. The van der Waals surface area contributed by atoms with Crippen LogP contribution in [-0.2, 0) is 0 Å². The Morgan fingerprint density at radius 1 is 1.20 bits per heavy atom. The number of fused-ring (bicyclic) bond motifs is 1. The van der Waals surface area contributed by atoms with Crippen molar-refractivity contribution in [2.24, 2.45) is 5.73 Å². The van der Waals surface area contributed by atoms with Crippen molar-refractivity contribution in [2.75, 3.05) is 0 Å². The first-order valence-corrected chi connectivity index (χ1v) is 3.92. The molecule has 1 aromatic carbocycles. The number of hydrogen-bond donors (Lipinski definition) is 1. The molecule has 5 heteroatoms. The van der Waals surface area contributed by atoms with E-state index in [0.29, 0.717) is 5.56 Å². The van der Waals surface area contributed by atoms with Crippen molar-refractivity contribution in [3.63, 3.8) is 0 Å². The van der Waals surface area contributed by atoms with E-state index >= 15 is 0 Å². The maximum atomic E-state index is 10.8. The van der Waals surface area contributed by atoms with Gasteiger partial charge in [-0.15, -0.1) is 24.8 Å². The second-order valence-corrected chi connectivity index (χ2v) is 2.78. The molecular weight excluding hydrogens is 235 g/mol. The van der Waals surface area contributed by atoms with Gasteiger partial charge < -0.3 is 5.73 Å². The van der Waals surface area contributed by atoms with Crippen molar-refractivity contribution in [3.05, 3.63) is 42.1 Å². The van der Waals surface area contributed by atoms with Crippen molar-refractivity contribution in [3.8, 4) is 0 Å². The van der Waals surface area contributed by atoms with E-state index in [-0.39, 0.29) is 24.8 Å². The fourth-order valence-corrected chi connectivity index (χ4v) is 1.22. The molecule has 0 radical (unpaired) electrons. The van der Waals surface area contributed by atoms with Gasteiger partial charge in [-0.05, 0) is 18.2 Å². The highest BCUT2D eigenvalue weighted by molar-refractivity contribution is 5.96. The average Bonchev–Trinajstić information content (AvgIpc) is 2.17. The average molecular weight is 245 g/mol. The monoisotopic (exact) mass is 244 g/mol. The van der Waals surface area contributed by atoms with Crippen LogP contribution >= 0.6 is 24.8 Å². The van der Waals surface area contributed by atoms with Gasteiger partial charge >= 0.3 is 0 Å². The number of halogens is 2. The molecule has 1 amide bonds. The second-order valence-electron chi connectivity index (χ2n) is 2.78. The minimum Gasteiger partial charge on any atom is -0.366 e. The number of amides is 1. The van der Waals surface area contributed by atoms with E-state index in [1.165, 1.54) is 0 Å². The van der Waals surface area contributed by atoms with Gasteiger partial charge in [-0.1, -0.05) is 12.1 Å². The molecule has 2 rings (SSSR count). The smallest absolute Gasteiger partial charge is 0.248 e. The Kier molecular flexibility index (Phi) is 5.05. The molecule has 0 unspecified atom stereocenters. The number of nitrogens with two attached hydrogens (primary N) is 1. The van der Waals surface area contributed by atoms with Gasteiger partial charge in [-0.2, -0.15) is 0 Å². The molecule has 0 spiro atoms. The molecule has 0 aliphatic rings. The van der Waals surface area contributed by atoms with E-state index in [0.717, 1.165) is 10.9 Å². The topological polar surface area (TPSA) is 56.0 Å². The normalized spacial score (nSPS) is 8.80. The van der Waals surface area contributed by atoms with Crippen LogP contribution in [-0.4, -0.2) is 10.9 Å². The Bertz CT molecular complexity index is 474. The molecule has 0 aliphatic heterocycles. The SMILES string of the molecule is Cl.Cl.NC(=O)c1ccc2cccnc2c1. The predicted molar refractivity (Wildman–Crippen MR) is 64.8 cm³/mol. The summed E-state index contributed by atoms with van der Waals surface area (Å²) in [4.78, 5) is 15.0. The van der Waals surface area contributed by atoms with E-state index in [1.54, 1.807) is 18.3 Å². The predicted octanol–water partition coefficient (Wildman–Crippen LogP) is 2.18. The Morgan fingerprint density at radius 2 is 1.93 bits per heavy atom. The van der Waals surface area contributed by atoms with Gasteiger partial charge in [0, 0.05) is 17.1 Å². The minimum absolute atomic E-state index is 0. The van der Waals surface area contributed by atoms with E-state index in [2.05, 4.69) is 4.98 Å². The summed E-state index contributed by atoms with van der Waals surface area (Å²) < 4.78 is 0. The highest BCUT2D eigenvalue weighted by Crippen LogP contribution is 2.12. The number of benzene rings is 1. The van der Waals surface area contributed by atoms with Crippen LogP contribution in [0.1, 0.15) is 10.4 Å². The van der Waals surface area contributed by atoms with Crippen molar-refractivity contribution in [2.45, 2.75) is 0 Å². The van der Waals surface area contributed by atoms with E-state index in [9.17, 15) is 4.79 Å². The summed E-state index contributed by atoms with van der Waals surface area (Å²) in [6.07, 6.45) is 1.69. The lowest BCUT2D eigenvalue weighted by molar-refractivity contribution is 0.100. The molecule has 3 nitrogen and oxygen atoms in total. The van der Waals surface area contributed by atoms with Gasteiger partial charge in [0.1, 0.15) is 0 Å². The van der Waals surface area contributed by atoms with Crippen LogP contribution in [0.5, 0.6) is 0 Å². The molecule has 0 saturated heterocycles. The van der Waals surface area contributed by atoms with Crippen LogP contribution < -0.4 is 5.73 Å². The van der Waals surface area contributed by atoms with E-state index < -0.39 is 5.91 Å². The van der Waals surface area contributed by atoms with Gasteiger partial charge in [0.15, 0.2) is 0 Å². The van der Waals surface area contributed by atoms with Crippen LogP contribution in [0, 0.1) is 0 Å². The van der Waals surface area contributed by atoms with Crippen molar-refractivity contribution in [1.29, 1.82) is 0 Å². The Hall–Kier alpha value is -1.32. The Labute approximate surface area is 99.5 Å².